The second kappa shape index (κ2) is 11.2. The molecule has 0 atom stereocenters. The Morgan fingerprint density at radius 3 is 1.21 bits per heavy atom. The Bertz CT molecular complexity index is 3220. The maximum Gasteiger partial charge on any atom is 0.0720 e. The van der Waals surface area contributed by atoms with Gasteiger partial charge in [0.1, 0.15) is 0 Å². The zero-order chi connectivity index (χ0) is 37.3. The van der Waals surface area contributed by atoms with E-state index in [4.69, 9.17) is 0 Å². The van der Waals surface area contributed by atoms with Gasteiger partial charge in [-0.2, -0.15) is 0 Å². The minimum Gasteiger partial charge on any atom is -0.309 e. The first-order chi connectivity index (χ1) is 28.3. The first kappa shape index (κ1) is 31.0. The predicted octanol–water partition coefficient (Wildman–Crippen LogP) is 13.5. The largest absolute Gasteiger partial charge is 0.309 e. The molecule has 264 valence electrons. The standard InChI is InChI=1S/C56H35N/c1-2-18-36(19-3-1)37-20-8-16-32-52(37)57-53-33-17-9-25-42(53)43-34-50-51(35-54(43)57)56(46-28-12-6-23-40(46)41-24-7-13-29-47(41)56)49-31-15-14-30-48(49)55(50)44-26-10-4-21-38(44)39-22-5-11-27-45(39)55/h1-35H. The second-order valence-electron chi connectivity index (χ2n) is 15.9. The smallest absolute Gasteiger partial charge is 0.0720 e. The van der Waals surface area contributed by atoms with Crippen molar-refractivity contribution in [2.75, 3.05) is 0 Å². The van der Waals surface area contributed by atoms with E-state index in [1.165, 1.54) is 105 Å². The van der Waals surface area contributed by atoms with Crippen LogP contribution in [-0.2, 0) is 10.8 Å². The van der Waals surface area contributed by atoms with Gasteiger partial charge in [0.15, 0.2) is 0 Å². The quantitative estimate of drug-likeness (QED) is 0.167. The highest BCUT2D eigenvalue weighted by Gasteiger charge is 2.59. The Hall–Kier alpha value is -7.22. The van der Waals surface area contributed by atoms with Crippen molar-refractivity contribution in [3.63, 3.8) is 0 Å². The molecule has 0 aliphatic heterocycles. The molecule has 0 saturated heterocycles. The Balaban J connectivity index is 1.28. The summed E-state index contributed by atoms with van der Waals surface area (Å²) in [6.45, 7) is 0. The monoisotopic (exact) mass is 721 g/mol. The van der Waals surface area contributed by atoms with Gasteiger partial charge < -0.3 is 4.57 Å². The Morgan fingerprint density at radius 2 is 0.667 bits per heavy atom. The van der Waals surface area contributed by atoms with Gasteiger partial charge in [0.25, 0.3) is 0 Å². The molecule has 1 aromatic heterocycles. The van der Waals surface area contributed by atoms with Gasteiger partial charge >= 0.3 is 0 Å². The van der Waals surface area contributed by atoms with Gasteiger partial charge in [-0.15, -0.1) is 0 Å². The third kappa shape index (κ3) is 3.70. The molecule has 0 fully saturated rings. The van der Waals surface area contributed by atoms with Crippen LogP contribution in [0.2, 0.25) is 0 Å². The van der Waals surface area contributed by atoms with Gasteiger partial charge in [-0.25, -0.2) is 0 Å². The van der Waals surface area contributed by atoms with Crippen LogP contribution in [0.4, 0.5) is 0 Å². The van der Waals surface area contributed by atoms with Crippen LogP contribution in [0.25, 0.3) is 60.9 Å². The third-order valence-corrected chi connectivity index (χ3v) is 13.5. The van der Waals surface area contributed by atoms with Gasteiger partial charge in [-0.1, -0.05) is 188 Å². The molecular formula is C56H35N. The fourth-order valence-corrected chi connectivity index (χ4v) is 11.5. The normalized spacial score (nSPS) is 14.6. The Labute approximate surface area is 331 Å². The summed E-state index contributed by atoms with van der Waals surface area (Å²) in [6.07, 6.45) is 0. The molecule has 0 N–H and O–H groups in total. The minimum atomic E-state index is -0.550. The van der Waals surface area contributed by atoms with Crippen molar-refractivity contribution >= 4 is 21.8 Å². The average molecular weight is 722 g/mol. The van der Waals surface area contributed by atoms with Gasteiger partial charge in [0.2, 0.25) is 0 Å². The van der Waals surface area contributed by atoms with Crippen molar-refractivity contribution in [3.8, 4) is 39.1 Å². The van der Waals surface area contributed by atoms with Gasteiger partial charge in [0.05, 0.1) is 27.6 Å². The molecule has 13 rings (SSSR count). The molecule has 0 unspecified atom stereocenters. The maximum atomic E-state index is 2.61. The van der Waals surface area contributed by atoms with Crippen LogP contribution >= 0.6 is 0 Å². The Kier molecular flexibility index (Phi) is 6.09. The number of hydrogen-bond donors (Lipinski definition) is 0. The number of rotatable bonds is 2. The summed E-state index contributed by atoms with van der Waals surface area (Å²) in [5, 5.41) is 2.52. The molecule has 0 saturated carbocycles. The fraction of sp³-hybridized carbons (Fsp3) is 0.0357. The van der Waals surface area contributed by atoms with Crippen LogP contribution in [0.15, 0.2) is 212 Å². The highest BCUT2D eigenvalue weighted by atomic mass is 15.0. The third-order valence-electron chi connectivity index (χ3n) is 13.5. The van der Waals surface area contributed by atoms with Crippen LogP contribution < -0.4 is 0 Å². The molecule has 3 aliphatic carbocycles. The number of nitrogens with zero attached hydrogens (tertiary/aromatic N) is 1. The van der Waals surface area contributed by atoms with E-state index in [-0.39, 0.29) is 0 Å². The zero-order valence-corrected chi connectivity index (χ0v) is 31.2. The van der Waals surface area contributed by atoms with E-state index in [9.17, 15) is 0 Å². The van der Waals surface area contributed by atoms with Crippen molar-refractivity contribution in [1.82, 2.24) is 4.57 Å². The molecule has 9 aromatic carbocycles. The number of benzene rings is 9. The van der Waals surface area contributed by atoms with Crippen LogP contribution in [0.1, 0.15) is 44.5 Å². The lowest BCUT2D eigenvalue weighted by molar-refractivity contribution is 0.634. The zero-order valence-electron chi connectivity index (χ0n) is 31.2. The van der Waals surface area contributed by atoms with E-state index in [1.54, 1.807) is 0 Å². The molecule has 0 bridgehead atoms. The average Bonchev–Trinajstić information content (AvgIpc) is 3.88. The summed E-state index contributed by atoms with van der Waals surface area (Å²) in [5.41, 5.74) is 21.0. The topological polar surface area (TPSA) is 4.93 Å². The molecule has 1 heteroatoms. The van der Waals surface area contributed by atoms with E-state index in [2.05, 4.69) is 217 Å². The summed E-state index contributed by atoms with van der Waals surface area (Å²) in [7, 11) is 0. The maximum absolute atomic E-state index is 2.61. The molecule has 57 heavy (non-hydrogen) atoms. The lowest BCUT2D eigenvalue weighted by Crippen LogP contribution is -2.43. The molecule has 3 aliphatic rings. The lowest BCUT2D eigenvalue weighted by atomic mass is 9.52. The summed E-state index contributed by atoms with van der Waals surface area (Å²) in [5.74, 6) is 0. The minimum absolute atomic E-state index is 0.532. The highest BCUT2D eigenvalue weighted by Crippen LogP contribution is 2.68. The van der Waals surface area contributed by atoms with E-state index in [0.717, 1.165) is 0 Å². The number of hydrogen-bond acceptors (Lipinski definition) is 0. The second-order valence-corrected chi connectivity index (χ2v) is 15.9. The fourth-order valence-electron chi connectivity index (χ4n) is 11.5. The summed E-state index contributed by atoms with van der Waals surface area (Å²) in [4.78, 5) is 0. The van der Waals surface area contributed by atoms with Crippen molar-refractivity contribution in [1.29, 1.82) is 0 Å². The first-order valence-electron chi connectivity index (χ1n) is 20.0. The van der Waals surface area contributed by atoms with Crippen molar-refractivity contribution in [3.05, 3.63) is 257 Å². The van der Waals surface area contributed by atoms with Crippen LogP contribution in [0, 0.1) is 0 Å². The van der Waals surface area contributed by atoms with Crippen molar-refractivity contribution in [2.24, 2.45) is 0 Å². The molecular weight excluding hydrogens is 687 g/mol. The van der Waals surface area contributed by atoms with E-state index >= 15 is 0 Å². The van der Waals surface area contributed by atoms with E-state index in [1.807, 2.05) is 0 Å². The molecule has 10 aromatic rings. The lowest BCUT2D eigenvalue weighted by Gasteiger charge is -2.49. The van der Waals surface area contributed by atoms with Crippen LogP contribution in [0.5, 0.6) is 0 Å². The number of para-hydroxylation sites is 2. The molecule has 0 radical (unpaired) electrons. The van der Waals surface area contributed by atoms with E-state index < -0.39 is 10.8 Å². The van der Waals surface area contributed by atoms with Gasteiger partial charge in [-0.3, -0.25) is 0 Å². The molecule has 2 spiro atoms. The van der Waals surface area contributed by atoms with Crippen molar-refractivity contribution in [2.45, 2.75) is 10.8 Å². The predicted molar refractivity (Wildman–Crippen MR) is 234 cm³/mol. The number of aromatic nitrogens is 1. The van der Waals surface area contributed by atoms with Gasteiger partial charge in [-0.05, 0) is 96.6 Å². The first-order valence-corrected chi connectivity index (χ1v) is 20.0. The molecule has 1 heterocycles. The van der Waals surface area contributed by atoms with E-state index in [0.29, 0.717) is 0 Å². The Morgan fingerprint density at radius 1 is 0.263 bits per heavy atom. The SMILES string of the molecule is c1ccc(-c2ccccc2-n2c3ccccc3c3cc4c(cc32)C2(c3ccccc3-c3ccccc32)c2ccccc2C42c3ccccc3-c3ccccc32)cc1. The molecule has 0 amide bonds. The summed E-state index contributed by atoms with van der Waals surface area (Å²) >= 11 is 0. The number of fused-ring (bicyclic) bond motifs is 19. The highest BCUT2D eigenvalue weighted by molar-refractivity contribution is 6.11. The van der Waals surface area contributed by atoms with Crippen LogP contribution in [-0.4, -0.2) is 4.57 Å². The molecule has 1 nitrogen and oxygen atoms in total. The van der Waals surface area contributed by atoms with Gasteiger partial charge in [0, 0.05) is 16.3 Å². The summed E-state index contributed by atoms with van der Waals surface area (Å²) < 4.78 is 2.54. The summed E-state index contributed by atoms with van der Waals surface area (Å²) in [6, 6.07) is 80.1. The van der Waals surface area contributed by atoms with Crippen molar-refractivity contribution < 1.29 is 0 Å². The van der Waals surface area contributed by atoms with Crippen LogP contribution in [0.3, 0.4) is 0 Å².